The maximum Gasteiger partial charge on any atom is 0.103 e. The zero-order valence-electron chi connectivity index (χ0n) is 14.5. The molecule has 4 heteroatoms. The summed E-state index contributed by atoms with van der Waals surface area (Å²) in [6, 6.07) is 6.71. The summed E-state index contributed by atoms with van der Waals surface area (Å²) in [5, 5.41) is 10.7. The van der Waals surface area contributed by atoms with Crippen molar-refractivity contribution in [2.45, 2.75) is 26.7 Å². The number of rotatable bonds is 3. The molecule has 4 rings (SSSR count). The van der Waals surface area contributed by atoms with Crippen LogP contribution in [-0.2, 0) is 0 Å². The Balaban J connectivity index is 1.68. The van der Waals surface area contributed by atoms with Crippen molar-refractivity contribution in [3.63, 3.8) is 0 Å². The van der Waals surface area contributed by atoms with Gasteiger partial charge < -0.3 is 4.90 Å². The van der Waals surface area contributed by atoms with Crippen LogP contribution in [0.1, 0.15) is 29.5 Å². The first kappa shape index (κ1) is 15.4. The van der Waals surface area contributed by atoms with Gasteiger partial charge in [-0.15, -0.1) is 0 Å². The van der Waals surface area contributed by atoms with Crippen LogP contribution in [0, 0.1) is 31.1 Å². The first-order chi connectivity index (χ1) is 11.7. The van der Waals surface area contributed by atoms with Crippen LogP contribution in [0.15, 0.2) is 18.3 Å². The maximum absolute atomic E-state index is 9.60. The minimum absolute atomic E-state index is 0.697. The van der Waals surface area contributed by atoms with Crippen molar-refractivity contribution in [1.82, 2.24) is 9.88 Å². The van der Waals surface area contributed by atoms with Gasteiger partial charge in [-0.2, -0.15) is 5.26 Å². The molecule has 1 aromatic heterocycles. The fourth-order valence-corrected chi connectivity index (χ4v) is 3.89. The molecule has 1 aromatic carbocycles. The molecular formula is C20H24N4. The van der Waals surface area contributed by atoms with E-state index in [2.05, 4.69) is 46.8 Å². The van der Waals surface area contributed by atoms with Gasteiger partial charge in [-0.1, -0.05) is 11.6 Å². The number of fused-ring (bicyclic) bond motifs is 1. The highest BCUT2D eigenvalue weighted by atomic mass is 15.3. The Morgan fingerprint density at radius 3 is 2.58 bits per heavy atom. The van der Waals surface area contributed by atoms with Crippen LogP contribution in [0.4, 0.5) is 5.69 Å². The minimum atomic E-state index is 0.697. The van der Waals surface area contributed by atoms with Crippen molar-refractivity contribution >= 4 is 16.6 Å². The Bertz CT molecular complexity index is 808. The van der Waals surface area contributed by atoms with E-state index >= 15 is 0 Å². The monoisotopic (exact) mass is 320 g/mol. The Kier molecular flexibility index (Phi) is 3.90. The molecule has 0 spiro atoms. The first-order valence-corrected chi connectivity index (χ1v) is 8.93. The number of piperazine rings is 1. The van der Waals surface area contributed by atoms with Crippen LogP contribution in [-0.4, -0.2) is 42.6 Å². The normalized spacial score (nSPS) is 18.8. The molecule has 2 aromatic rings. The van der Waals surface area contributed by atoms with E-state index in [0.29, 0.717) is 5.56 Å². The van der Waals surface area contributed by atoms with Gasteiger partial charge in [0, 0.05) is 44.3 Å². The number of hydrogen-bond acceptors (Lipinski definition) is 4. The van der Waals surface area contributed by atoms with E-state index < -0.39 is 0 Å². The molecule has 1 aliphatic heterocycles. The molecule has 0 unspecified atom stereocenters. The fourth-order valence-electron chi connectivity index (χ4n) is 3.89. The largest absolute Gasteiger partial charge is 0.367 e. The fraction of sp³-hybridized carbons (Fsp3) is 0.500. The van der Waals surface area contributed by atoms with Gasteiger partial charge in [0.2, 0.25) is 0 Å². The predicted octanol–water partition coefficient (Wildman–Crippen LogP) is 3.26. The smallest absolute Gasteiger partial charge is 0.103 e. The molecule has 2 aliphatic rings. The summed E-state index contributed by atoms with van der Waals surface area (Å²) in [7, 11) is 0. The third-order valence-corrected chi connectivity index (χ3v) is 5.30. The van der Waals surface area contributed by atoms with Crippen molar-refractivity contribution in [3.8, 4) is 6.07 Å². The predicted molar refractivity (Wildman–Crippen MR) is 97.3 cm³/mol. The molecule has 0 amide bonds. The molecule has 24 heavy (non-hydrogen) atoms. The van der Waals surface area contributed by atoms with E-state index in [1.807, 2.05) is 0 Å². The summed E-state index contributed by atoms with van der Waals surface area (Å²) >= 11 is 0. The zero-order chi connectivity index (χ0) is 16.7. The molecule has 0 N–H and O–H groups in total. The zero-order valence-corrected chi connectivity index (χ0v) is 14.5. The Hall–Kier alpha value is -2.12. The second-order valence-electron chi connectivity index (χ2n) is 7.34. The lowest BCUT2D eigenvalue weighted by molar-refractivity contribution is 0.248. The standard InChI is InChI=1S/C20H24N4/c1-14-9-15(2)19-18(10-14)20(17(11-21)12-22-19)24-7-5-23(6-8-24)13-16-3-4-16/h9-10,12,16H,3-8,13H2,1-2H3. The quantitative estimate of drug-likeness (QED) is 0.870. The highest BCUT2D eigenvalue weighted by molar-refractivity contribution is 5.96. The third-order valence-electron chi connectivity index (χ3n) is 5.30. The van der Waals surface area contributed by atoms with Gasteiger partial charge in [0.15, 0.2) is 0 Å². The number of aryl methyl sites for hydroxylation is 2. The van der Waals surface area contributed by atoms with Gasteiger partial charge in [0.25, 0.3) is 0 Å². The molecule has 0 atom stereocenters. The van der Waals surface area contributed by atoms with E-state index in [1.165, 1.54) is 30.5 Å². The number of nitrogens with zero attached hydrogens (tertiary/aromatic N) is 4. The van der Waals surface area contributed by atoms with Crippen LogP contribution < -0.4 is 4.90 Å². The van der Waals surface area contributed by atoms with Crippen LogP contribution in [0.5, 0.6) is 0 Å². The van der Waals surface area contributed by atoms with Crippen LogP contribution in [0.25, 0.3) is 10.9 Å². The number of pyridine rings is 1. The number of anilines is 1. The molecule has 124 valence electrons. The summed E-state index contributed by atoms with van der Waals surface area (Å²) < 4.78 is 0. The van der Waals surface area contributed by atoms with Gasteiger partial charge in [0.05, 0.1) is 16.8 Å². The van der Waals surface area contributed by atoms with Crippen molar-refractivity contribution in [1.29, 1.82) is 5.26 Å². The van der Waals surface area contributed by atoms with Gasteiger partial charge >= 0.3 is 0 Å². The first-order valence-electron chi connectivity index (χ1n) is 8.93. The van der Waals surface area contributed by atoms with E-state index in [0.717, 1.165) is 48.7 Å². The van der Waals surface area contributed by atoms with Crippen LogP contribution in [0.3, 0.4) is 0 Å². The van der Waals surface area contributed by atoms with Gasteiger partial charge in [-0.05, 0) is 44.2 Å². The van der Waals surface area contributed by atoms with Gasteiger partial charge in [-0.3, -0.25) is 9.88 Å². The molecule has 0 radical (unpaired) electrons. The topological polar surface area (TPSA) is 43.2 Å². The summed E-state index contributed by atoms with van der Waals surface area (Å²) in [5.74, 6) is 0.943. The van der Waals surface area contributed by atoms with E-state index in [9.17, 15) is 5.26 Å². The molecule has 1 aliphatic carbocycles. The summed E-state index contributed by atoms with van der Waals surface area (Å²) in [4.78, 5) is 9.53. The molecular weight excluding hydrogens is 296 g/mol. The molecule has 0 bridgehead atoms. The number of benzene rings is 1. The summed E-state index contributed by atoms with van der Waals surface area (Å²) in [6.45, 7) is 9.65. The van der Waals surface area contributed by atoms with Gasteiger partial charge in [0.1, 0.15) is 6.07 Å². The third kappa shape index (κ3) is 2.85. The van der Waals surface area contributed by atoms with E-state index in [1.54, 1.807) is 6.20 Å². The van der Waals surface area contributed by atoms with Gasteiger partial charge in [-0.25, -0.2) is 0 Å². The van der Waals surface area contributed by atoms with Crippen molar-refractivity contribution in [2.24, 2.45) is 5.92 Å². The second-order valence-corrected chi connectivity index (χ2v) is 7.34. The van der Waals surface area contributed by atoms with Crippen molar-refractivity contribution < 1.29 is 0 Å². The molecule has 4 nitrogen and oxygen atoms in total. The molecule has 2 heterocycles. The van der Waals surface area contributed by atoms with Crippen LogP contribution in [0.2, 0.25) is 0 Å². The average Bonchev–Trinajstić information content (AvgIpc) is 3.38. The Morgan fingerprint density at radius 1 is 1.17 bits per heavy atom. The van der Waals surface area contributed by atoms with Crippen molar-refractivity contribution in [3.05, 3.63) is 35.0 Å². The average molecular weight is 320 g/mol. The Labute approximate surface area is 143 Å². The highest BCUT2D eigenvalue weighted by Crippen LogP contribution is 2.33. The van der Waals surface area contributed by atoms with E-state index in [-0.39, 0.29) is 0 Å². The lowest BCUT2D eigenvalue weighted by Crippen LogP contribution is -2.47. The lowest BCUT2D eigenvalue weighted by Gasteiger charge is -2.37. The maximum atomic E-state index is 9.60. The molecule has 2 fully saturated rings. The summed E-state index contributed by atoms with van der Waals surface area (Å²) in [5.41, 5.74) is 5.21. The second kappa shape index (κ2) is 6.07. The number of hydrogen-bond donors (Lipinski definition) is 0. The summed E-state index contributed by atoms with van der Waals surface area (Å²) in [6.07, 6.45) is 4.56. The SMILES string of the molecule is Cc1cc(C)c2ncc(C#N)c(N3CCN(CC4CC4)CC3)c2c1. The Morgan fingerprint density at radius 2 is 1.92 bits per heavy atom. The molecule has 1 saturated heterocycles. The number of nitriles is 1. The van der Waals surface area contributed by atoms with Crippen molar-refractivity contribution in [2.75, 3.05) is 37.6 Å². The van der Waals surface area contributed by atoms with Crippen LogP contribution >= 0.6 is 0 Å². The highest BCUT2D eigenvalue weighted by Gasteiger charge is 2.27. The molecule has 1 saturated carbocycles. The number of aromatic nitrogens is 1. The lowest BCUT2D eigenvalue weighted by atomic mass is 10.0. The van der Waals surface area contributed by atoms with E-state index in [4.69, 9.17) is 0 Å². The minimum Gasteiger partial charge on any atom is -0.367 e.